The van der Waals surface area contributed by atoms with Crippen molar-refractivity contribution in [2.75, 3.05) is 11.0 Å². The quantitative estimate of drug-likeness (QED) is 0.632. The fraction of sp³-hybridized carbons (Fsp3) is 0.400. The van der Waals surface area contributed by atoms with Gasteiger partial charge in [-0.25, -0.2) is 4.42 Å². The maximum Gasteiger partial charge on any atom is 0.310 e. The smallest absolute Gasteiger partial charge is 0.310 e. The lowest BCUT2D eigenvalue weighted by molar-refractivity contribution is -0.151. The molecule has 21 heavy (non-hydrogen) atoms. The van der Waals surface area contributed by atoms with E-state index in [-0.39, 0.29) is 25.2 Å². The molecule has 1 saturated carbocycles. The molecule has 2 atom stereocenters. The van der Waals surface area contributed by atoms with Crippen molar-refractivity contribution in [1.29, 1.82) is 0 Å². The monoisotopic (exact) mass is 309 g/mol. The molecule has 1 aliphatic carbocycles. The predicted octanol–water partition coefficient (Wildman–Crippen LogP) is 2.33. The van der Waals surface area contributed by atoms with Crippen LogP contribution in [-0.4, -0.2) is 24.3 Å². The molecule has 0 bridgehead atoms. The number of hydrogen-bond donors (Lipinski definition) is 0. The largest absolute Gasteiger partial charge is 0.466 e. The molecule has 1 aromatic rings. The van der Waals surface area contributed by atoms with E-state index in [0.717, 1.165) is 4.42 Å². The van der Waals surface area contributed by atoms with Crippen LogP contribution in [0.15, 0.2) is 30.3 Å². The van der Waals surface area contributed by atoms with Gasteiger partial charge in [0.05, 0.1) is 24.1 Å². The first-order chi connectivity index (χ1) is 10.0. The zero-order chi connectivity index (χ0) is 15.4. The highest BCUT2D eigenvalue weighted by Gasteiger charge is 2.44. The van der Waals surface area contributed by atoms with E-state index in [9.17, 15) is 14.4 Å². The Kier molecular flexibility index (Phi) is 4.96. The van der Waals surface area contributed by atoms with Gasteiger partial charge in [-0.3, -0.25) is 14.4 Å². The van der Waals surface area contributed by atoms with Crippen LogP contribution in [0.2, 0.25) is 0 Å². The van der Waals surface area contributed by atoms with Crippen molar-refractivity contribution in [3.8, 4) is 0 Å². The predicted molar refractivity (Wildman–Crippen MR) is 77.6 cm³/mol. The van der Waals surface area contributed by atoms with E-state index in [4.69, 9.17) is 16.5 Å². The average molecular weight is 310 g/mol. The lowest BCUT2D eigenvalue weighted by Crippen LogP contribution is -2.34. The highest BCUT2D eigenvalue weighted by atomic mass is 35.5. The van der Waals surface area contributed by atoms with Crippen LogP contribution in [0.25, 0.3) is 0 Å². The summed E-state index contributed by atoms with van der Waals surface area (Å²) in [6.07, 6.45) is 0.0626. The molecule has 1 fully saturated rings. The lowest BCUT2D eigenvalue weighted by atomic mass is 9.95. The minimum absolute atomic E-state index is 0.0262. The number of halogens is 1. The van der Waals surface area contributed by atoms with Crippen LogP contribution >= 0.6 is 11.8 Å². The number of carbonyl (C=O) groups is 3. The van der Waals surface area contributed by atoms with E-state index in [2.05, 4.69) is 0 Å². The van der Waals surface area contributed by atoms with Gasteiger partial charge in [0.15, 0.2) is 0 Å². The Hall–Kier alpha value is -1.88. The lowest BCUT2D eigenvalue weighted by Gasteiger charge is -2.21. The molecule has 5 nitrogen and oxygen atoms in total. The number of amides is 1. The second-order valence-electron chi connectivity index (χ2n) is 4.87. The van der Waals surface area contributed by atoms with E-state index in [1.807, 2.05) is 0 Å². The van der Waals surface area contributed by atoms with E-state index in [1.54, 1.807) is 37.3 Å². The Labute approximate surface area is 127 Å². The summed E-state index contributed by atoms with van der Waals surface area (Å²) >= 11 is 6.05. The van der Waals surface area contributed by atoms with E-state index in [0.29, 0.717) is 5.69 Å². The molecule has 2 rings (SSSR count). The third kappa shape index (κ3) is 3.42. The zero-order valence-electron chi connectivity index (χ0n) is 11.6. The summed E-state index contributed by atoms with van der Waals surface area (Å²) in [4.78, 5) is 35.9. The normalized spacial score (nSPS) is 21.1. The van der Waals surface area contributed by atoms with E-state index < -0.39 is 23.7 Å². The number of hydrogen-bond acceptors (Lipinski definition) is 4. The number of nitrogens with zero attached hydrogens (tertiary/aromatic N) is 1. The van der Waals surface area contributed by atoms with Crippen molar-refractivity contribution < 1.29 is 19.1 Å². The Morgan fingerprint density at radius 3 is 2.48 bits per heavy atom. The first kappa shape index (κ1) is 15.5. The number of esters is 1. The van der Waals surface area contributed by atoms with Gasteiger partial charge in [0.1, 0.15) is 5.78 Å². The molecule has 0 spiro atoms. The van der Waals surface area contributed by atoms with Gasteiger partial charge >= 0.3 is 5.97 Å². The van der Waals surface area contributed by atoms with Crippen LogP contribution < -0.4 is 4.42 Å². The molecule has 0 saturated heterocycles. The minimum Gasteiger partial charge on any atom is -0.466 e. The second kappa shape index (κ2) is 6.72. The summed E-state index contributed by atoms with van der Waals surface area (Å²) in [7, 11) is 0. The fourth-order valence-electron chi connectivity index (χ4n) is 2.45. The number of para-hydroxylation sites is 1. The highest BCUT2D eigenvalue weighted by Crippen LogP contribution is 2.33. The van der Waals surface area contributed by atoms with Crippen LogP contribution in [0.3, 0.4) is 0 Å². The third-order valence-electron chi connectivity index (χ3n) is 3.46. The summed E-state index contributed by atoms with van der Waals surface area (Å²) < 4.78 is 5.90. The number of ether oxygens (including phenoxy) is 1. The number of carbonyl (C=O) groups excluding carboxylic acids is 3. The second-order valence-corrected chi connectivity index (χ2v) is 5.20. The van der Waals surface area contributed by atoms with Crippen molar-refractivity contribution in [2.24, 2.45) is 11.8 Å². The molecule has 112 valence electrons. The Morgan fingerprint density at radius 2 is 1.86 bits per heavy atom. The molecule has 1 aliphatic rings. The van der Waals surface area contributed by atoms with Crippen LogP contribution in [0.4, 0.5) is 5.69 Å². The van der Waals surface area contributed by atoms with Crippen LogP contribution in [-0.2, 0) is 19.1 Å². The number of benzene rings is 1. The molecule has 1 aromatic carbocycles. The first-order valence-electron chi connectivity index (χ1n) is 6.77. The van der Waals surface area contributed by atoms with Crippen LogP contribution in [0.1, 0.15) is 19.8 Å². The van der Waals surface area contributed by atoms with Gasteiger partial charge in [0, 0.05) is 24.6 Å². The Morgan fingerprint density at radius 1 is 1.24 bits per heavy atom. The number of rotatable bonds is 4. The summed E-state index contributed by atoms with van der Waals surface area (Å²) in [6, 6.07) is 8.67. The van der Waals surface area contributed by atoms with E-state index in [1.165, 1.54) is 0 Å². The van der Waals surface area contributed by atoms with Gasteiger partial charge in [0.25, 0.3) is 0 Å². The van der Waals surface area contributed by atoms with Gasteiger partial charge in [-0.05, 0) is 19.1 Å². The van der Waals surface area contributed by atoms with Crippen LogP contribution in [0, 0.1) is 11.8 Å². The summed E-state index contributed by atoms with van der Waals surface area (Å²) in [5.74, 6) is -2.58. The Balaban J connectivity index is 2.16. The molecule has 6 heteroatoms. The fourth-order valence-corrected chi connectivity index (χ4v) is 2.68. The summed E-state index contributed by atoms with van der Waals surface area (Å²) in [5.41, 5.74) is 0.506. The van der Waals surface area contributed by atoms with Gasteiger partial charge in [-0.15, -0.1) is 0 Å². The van der Waals surface area contributed by atoms with E-state index >= 15 is 0 Å². The topological polar surface area (TPSA) is 63.7 Å². The SMILES string of the molecule is CCOC(=O)C1CC(=O)CC1C(=O)N(Cl)c1ccccc1. The van der Waals surface area contributed by atoms with Crippen molar-refractivity contribution >= 4 is 35.1 Å². The van der Waals surface area contributed by atoms with Gasteiger partial charge < -0.3 is 4.74 Å². The minimum atomic E-state index is -0.755. The number of ketones is 1. The van der Waals surface area contributed by atoms with Crippen molar-refractivity contribution in [3.63, 3.8) is 0 Å². The van der Waals surface area contributed by atoms with Crippen molar-refractivity contribution in [3.05, 3.63) is 30.3 Å². The molecule has 0 aliphatic heterocycles. The Bertz CT molecular complexity index is 546. The molecule has 2 unspecified atom stereocenters. The van der Waals surface area contributed by atoms with Crippen molar-refractivity contribution in [1.82, 2.24) is 0 Å². The summed E-state index contributed by atoms with van der Waals surface area (Å²) in [6.45, 7) is 1.90. The van der Waals surface area contributed by atoms with Gasteiger partial charge in [-0.1, -0.05) is 18.2 Å². The van der Waals surface area contributed by atoms with Gasteiger partial charge in [-0.2, -0.15) is 0 Å². The molecule has 0 heterocycles. The number of Topliss-reactive ketones (excluding diaryl/α,β-unsaturated/α-hetero) is 1. The maximum absolute atomic E-state index is 12.4. The van der Waals surface area contributed by atoms with Crippen molar-refractivity contribution in [2.45, 2.75) is 19.8 Å². The standard InChI is InChI=1S/C15H16ClNO4/c1-2-21-15(20)13-9-11(18)8-12(13)14(19)17(16)10-6-4-3-5-7-10/h3-7,12-13H,2,8-9H2,1H3. The highest BCUT2D eigenvalue weighted by molar-refractivity contribution is 6.37. The third-order valence-corrected chi connectivity index (χ3v) is 3.83. The molecule has 0 N–H and O–H groups in total. The maximum atomic E-state index is 12.4. The molecule has 1 amide bonds. The first-order valence-corrected chi connectivity index (χ1v) is 7.11. The summed E-state index contributed by atoms with van der Waals surface area (Å²) in [5, 5.41) is 0. The molecular formula is C15H16ClNO4. The molecule has 0 aromatic heterocycles. The molecular weight excluding hydrogens is 294 g/mol. The average Bonchev–Trinajstić information content (AvgIpc) is 2.89. The number of anilines is 1. The zero-order valence-corrected chi connectivity index (χ0v) is 12.4. The van der Waals surface area contributed by atoms with Crippen LogP contribution in [0.5, 0.6) is 0 Å². The molecule has 0 radical (unpaired) electrons. The van der Waals surface area contributed by atoms with Gasteiger partial charge in [0.2, 0.25) is 5.91 Å².